The summed E-state index contributed by atoms with van der Waals surface area (Å²) in [6.45, 7) is 5.00. The number of anilines is 1. The second-order valence-electron chi connectivity index (χ2n) is 4.94. The smallest absolute Gasteiger partial charge is 0.133 e. The molecule has 0 radical (unpaired) electrons. The first-order chi connectivity index (χ1) is 8.65. The molecule has 2 heteroatoms. The van der Waals surface area contributed by atoms with Gasteiger partial charge in [-0.3, -0.25) is 5.41 Å². The van der Waals surface area contributed by atoms with E-state index in [9.17, 15) is 0 Å². The van der Waals surface area contributed by atoms with Crippen molar-refractivity contribution in [3.8, 4) is 0 Å². The molecular weight excluding hydrogens is 220 g/mol. The minimum absolute atomic E-state index is 0.607. The van der Waals surface area contributed by atoms with Crippen LogP contribution < -0.4 is 4.90 Å². The van der Waals surface area contributed by atoms with Gasteiger partial charge in [0.1, 0.15) is 5.84 Å². The van der Waals surface area contributed by atoms with Gasteiger partial charge in [0.2, 0.25) is 0 Å². The standard InChI is InChI=1S/C16H16N2/c1-11-7-12(2)9-14(8-11)18-10-13-5-3-4-6-15(13)16(18)17/h3-9,17H,10H2,1-2H3. The van der Waals surface area contributed by atoms with Gasteiger partial charge >= 0.3 is 0 Å². The van der Waals surface area contributed by atoms with E-state index in [1.54, 1.807) is 0 Å². The first-order valence-electron chi connectivity index (χ1n) is 6.18. The molecule has 0 unspecified atom stereocenters. The summed E-state index contributed by atoms with van der Waals surface area (Å²) in [6.07, 6.45) is 0. The summed E-state index contributed by atoms with van der Waals surface area (Å²) in [5, 5.41) is 8.29. The number of hydrogen-bond donors (Lipinski definition) is 1. The first kappa shape index (κ1) is 11.0. The summed E-state index contributed by atoms with van der Waals surface area (Å²) in [5.41, 5.74) is 5.90. The van der Waals surface area contributed by atoms with Crippen LogP contribution in [0.5, 0.6) is 0 Å². The quantitative estimate of drug-likeness (QED) is 0.804. The van der Waals surface area contributed by atoms with Gasteiger partial charge in [0.25, 0.3) is 0 Å². The average Bonchev–Trinajstić information content (AvgIpc) is 2.66. The van der Waals surface area contributed by atoms with Crippen LogP contribution in [0.1, 0.15) is 22.3 Å². The molecule has 90 valence electrons. The summed E-state index contributed by atoms with van der Waals surface area (Å²) in [7, 11) is 0. The topological polar surface area (TPSA) is 27.1 Å². The maximum absolute atomic E-state index is 8.29. The number of fused-ring (bicyclic) bond motifs is 1. The number of nitrogens with zero attached hydrogens (tertiary/aromatic N) is 1. The van der Waals surface area contributed by atoms with E-state index >= 15 is 0 Å². The van der Waals surface area contributed by atoms with E-state index in [2.05, 4.69) is 43.0 Å². The highest BCUT2D eigenvalue weighted by Gasteiger charge is 2.24. The van der Waals surface area contributed by atoms with E-state index in [0.29, 0.717) is 5.84 Å². The Kier molecular flexibility index (Phi) is 2.44. The molecule has 0 spiro atoms. The molecule has 1 aliphatic rings. The molecule has 2 aromatic rings. The Morgan fingerprint density at radius 3 is 2.33 bits per heavy atom. The minimum atomic E-state index is 0.607. The van der Waals surface area contributed by atoms with Crippen molar-refractivity contribution >= 4 is 11.5 Å². The zero-order valence-corrected chi connectivity index (χ0v) is 10.7. The van der Waals surface area contributed by atoms with Crippen molar-refractivity contribution in [2.45, 2.75) is 20.4 Å². The molecule has 0 saturated heterocycles. The van der Waals surface area contributed by atoms with Crippen LogP contribution in [0.2, 0.25) is 0 Å². The highest BCUT2D eigenvalue weighted by atomic mass is 15.2. The van der Waals surface area contributed by atoms with Crippen LogP contribution in [-0.4, -0.2) is 5.84 Å². The summed E-state index contributed by atoms with van der Waals surface area (Å²) >= 11 is 0. The number of amidine groups is 1. The van der Waals surface area contributed by atoms with Crippen molar-refractivity contribution in [1.82, 2.24) is 0 Å². The molecule has 1 aliphatic heterocycles. The Hall–Kier alpha value is -2.09. The second kappa shape index (κ2) is 3.98. The van der Waals surface area contributed by atoms with Gasteiger partial charge in [0.05, 0.1) is 6.54 Å². The van der Waals surface area contributed by atoms with Gasteiger partial charge in [-0.2, -0.15) is 0 Å². The SMILES string of the molecule is Cc1cc(C)cc(N2Cc3ccccc3C2=N)c1. The normalized spacial score (nSPS) is 13.9. The van der Waals surface area contributed by atoms with Gasteiger partial charge in [-0.15, -0.1) is 0 Å². The Morgan fingerprint density at radius 2 is 1.67 bits per heavy atom. The monoisotopic (exact) mass is 236 g/mol. The fraction of sp³-hybridized carbons (Fsp3) is 0.188. The number of benzene rings is 2. The predicted octanol–water partition coefficient (Wildman–Crippen LogP) is 3.65. The number of nitrogens with one attached hydrogen (secondary N) is 1. The molecule has 1 N–H and O–H groups in total. The molecule has 1 heterocycles. The highest BCUT2D eigenvalue weighted by Crippen LogP contribution is 2.29. The summed E-state index contributed by atoms with van der Waals surface area (Å²) in [6, 6.07) is 14.6. The maximum atomic E-state index is 8.29. The van der Waals surface area contributed by atoms with E-state index < -0.39 is 0 Å². The van der Waals surface area contributed by atoms with E-state index in [1.807, 2.05) is 18.2 Å². The molecular formula is C16H16N2. The lowest BCUT2D eigenvalue weighted by molar-refractivity contribution is 1.04. The van der Waals surface area contributed by atoms with Gasteiger partial charge in [-0.1, -0.05) is 30.3 Å². The lowest BCUT2D eigenvalue weighted by Gasteiger charge is -2.19. The molecule has 0 fully saturated rings. The summed E-state index contributed by atoms with van der Waals surface area (Å²) in [5.74, 6) is 0.607. The molecule has 0 aromatic heterocycles. The Labute approximate surface area is 107 Å². The Morgan fingerprint density at radius 1 is 1.00 bits per heavy atom. The van der Waals surface area contributed by atoms with Crippen LogP contribution in [-0.2, 0) is 6.54 Å². The average molecular weight is 236 g/mol. The van der Waals surface area contributed by atoms with Gasteiger partial charge in [-0.25, -0.2) is 0 Å². The first-order valence-corrected chi connectivity index (χ1v) is 6.18. The van der Waals surface area contributed by atoms with Crippen LogP contribution >= 0.6 is 0 Å². The summed E-state index contributed by atoms with van der Waals surface area (Å²) in [4.78, 5) is 2.07. The van der Waals surface area contributed by atoms with E-state index in [0.717, 1.165) is 17.8 Å². The zero-order valence-electron chi connectivity index (χ0n) is 10.7. The lowest BCUT2D eigenvalue weighted by atomic mass is 10.1. The molecule has 0 amide bonds. The fourth-order valence-electron chi connectivity index (χ4n) is 2.61. The van der Waals surface area contributed by atoms with Gasteiger partial charge < -0.3 is 4.90 Å². The third-order valence-corrected chi connectivity index (χ3v) is 3.39. The van der Waals surface area contributed by atoms with E-state index in [4.69, 9.17) is 5.41 Å². The van der Waals surface area contributed by atoms with Crippen molar-refractivity contribution in [2.75, 3.05) is 4.90 Å². The fourth-order valence-corrected chi connectivity index (χ4v) is 2.61. The Bertz CT molecular complexity index is 608. The summed E-state index contributed by atoms with van der Waals surface area (Å²) < 4.78 is 0. The molecule has 3 rings (SSSR count). The molecule has 2 nitrogen and oxygen atoms in total. The van der Waals surface area contributed by atoms with Crippen molar-refractivity contribution in [2.24, 2.45) is 0 Å². The minimum Gasteiger partial charge on any atom is -0.322 e. The van der Waals surface area contributed by atoms with Gasteiger partial charge in [-0.05, 0) is 42.7 Å². The van der Waals surface area contributed by atoms with Crippen LogP contribution in [0.3, 0.4) is 0 Å². The van der Waals surface area contributed by atoms with Crippen molar-refractivity contribution in [1.29, 1.82) is 5.41 Å². The molecule has 2 aromatic carbocycles. The van der Waals surface area contributed by atoms with Gasteiger partial charge in [0.15, 0.2) is 0 Å². The van der Waals surface area contributed by atoms with Gasteiger partial charge in [0, 0.05) is 11.3 Å². The largest absolute Gasteiger partial charge is 0.322 e. The zero-order chi connectivity index (χ0) is 12.7. The van der Waals surface area contributed by atoms with Crippen molar-refractivity contribution in [3.63, 3.8) is 0 Å². The van der Waals surface area contributed by atoms with Crippen molar-refractivity contribution in [3.05, 3.63) is 64.7 Å². The predicted molar refractivity (Wildman–Crippen MR) is 75.4 cm³/mol. The molecule has 0 bridgehead atoms. The Balaban J connectivity index is 2.04. The number of hydrogen-bond acceptors (Lipinski definition) is 1. The van der Waals surface area contributed by atoms with Crippen LogP contribution in [0.25, 0.3) is 0 Å². The number of rotatable bonds is 1. The van der Waals surface area contributed by atoms with E-state index in [-0.39, 0.29) is 0 Å². The molecule has 0 saturated carbocycles. The molecule has 18 heavy (non-hydrogen) atoms. The number of aryl methyl sites for hydroxylation is 2. The maximum Gasteiger partial charge on any atom is 0.133 e. The lowest BCUT2D eigenvalue weighted by Crippen LogP contribution is -2.23. The highest BCUT2D eigenvalue weighted by molar-refractivity contribution is 6.11. The molecule has 0 atom stereocenters. The van der Waals surface area contributed by atoms with Crippen LogP contribution in [0.4, 0.5) is 5.69 Å². The van der Waals surface area contributed by atoms with Crippen molar-refractivity contribution < 1.29 is 0 Å². The van der Waals surface area contributed by atoms with E-state index in [1.165, 1.54) is 16.7 Å². The van der Waals surface area contributed by atoms with Crippen LogP contribution in [0, 0.1) is 19.3 Å². The third-order valence-electron chi connectivity index (χ3n) is 3.39. The molecule has 0 aliphatic carbocycles. The second-order valence-corrected chi connectivity index (χ2v) is 4.94. The third kappa shape index (κ3) is 1.70. The van der Waals surface area contributed by atoms with Crippen LogP contribution in [0.15, 0.2) is 42.5 Å².